The monoisotopic (exact) mass is 354 g/mol. The maximum Gasteiger partial charge on any atom is 0.321 e. The molecule has 0 unspecified atom stereocenters. The van der Waals surface area contributed by atoms with E-state index in [2.05, 4.69) is 10.4 Å². The van der Waals surface area contributed by atoms with Crippen molar-refractivity contribution >= 4 is 17.7 Å². The van der Waals surface area contributed by atoms with Gasteiger partial charge in [-0.3, -0.25) is 4.79 Å². The molecule has 0 spiro atoms. The summed E-state index contributed by atoms with van der Waals surface area (Å²) in [5.74, 6) is -0.720. The van der Waals surface area contributed by atoms with Crippen molar-refractivity contribution in [2.75, 3.05) is 18.4 Å². The smallest absolute Gasteiger partial charge is 0.321 e. The molecule has 2 aromatic rings. The molecule has 2 fully saturated rings. The Morgan fingerprint density at radius 2 is 2.08 bits per heavy atom. The van der Waals surface area contributed by atoms with Crippen molar-refractivity contribution in [2.45, 2.75) is 26.2 Å². The summed E-state index contributed by atoms with van der Waals surface area (Å²) >= 11 is 0. The molecule has 7 heteroatoms. The Balaban J connectivity index is 1.50. The fourth-order valence-corrected chi connectivity index (χ4v) is 4.35. The molecule has 2 aliphatic rings. The van der Waals surface area contributed by atoms with Crippen LogP contribution in [0.25, 0.3) is 5.69 Å². The highest BCUT2D eigenvalue weighted by Crippen LogP contribution is 2.48. The molecule has 0 bridgehead atoms. The maximum absolute atomic E-state index is 12.7. The van der Waals surface area contributed by atoms with Gasteiger partial charge in [0.2, 0.25) is 0 Å². The molecule has 1 aromatic carbocycles. The highest BCUT2D eigenvalue weighted by atomic mass is 16.4. The molecule has 1 aromatic heterocycles. The number of hydrogen-bond acceptors (Lipinski definition) is 3. The summed E-state index contributed by atoms with van der Waals surface area (Å²) in [5.41, 5.74) is 1.63. The predicted octanol–water partition coefficient (Wildman–Crippen LogP) is 2.90. The lowest BCUT2D eigenvalue weighted by Crippen LogP contribution is -2.38. The maximum atomic E-state index is 12.7. The van der Waals surface area contributed by atoms with Crippen LogP contribution >= 0.6 is 0 Å². The Bertz CT molecular complexity index is 848. The molecule has 1 saturated heterocycles. The van der Waals surface area contributed by atoms with Crippen molar-refractivity contribution in [2.24, 2.45) is 11.3 Å². The molecule has 4 rings (SSSR count). The van der Waals surface area contributed by atoms with E-state index in [1.165, 1.54) is 0 Å². The lowest BCUT2D eigenvalue weighted by molar-refractivity contribution is -0.149. The molecule has 26 heavy (non-hydrogen) atoms. The number of carbonyl (C=O) groups is 2. The van der Waals surface area contributed by atoms with Crippen LogP contribution in [0.3, 0.4) is 0 Å². The highest BCUT2D eigenvalue weighted by molar-refractivity contribution is 5.91. The van der Waals surface area contributed by atoms with Crippen molar-refractivity contribution in [3.05, 3.63) is 42.2 Å². The number of aromatic nitrogens is 2. The van der Waals surface area contributed by atoms with Crippen LogP contribution in [-0.4, -0.2) is 44.9 Å². The van der Waals surface area contributed by atoms with E-state index in [0.717, 1.165) is 24.2 Å². The number of fused-ring (bicyclic) bond motifs is 1. The minimum atomic E-state index is -0.775. The van der Waals surface area contributed by atoms with E-state index in [1.54, 1.807) is 15.8 Å². The van der Waals surface area contributed by atoms with Crippen LogP contribution in [0.2, 0.25) is 0 Å². The second-order valence-corrected chi connectivity index (χ2v) is 7.25. The van der Waals surface area contributed by atoms with Gasteiger partial charge in [-0.15, -0.1) is 0 Å². The molecular weight excluding hydrogens is 332 g/mol. The minimum absolute atomic E-state index is 0.0545. The zero-order valence-corrected chi connectivity index (χ0v) is 14.7. The van der Waals surface area contributed by atoms with Gasteiger partial charge in [0.1, 0.15) is 0 Å². The number of carboxylic acids is 1. The van der Waals surface area contributed by atoms with Crippen molar-refractivity contribution in [1.29, 1.82) is 0 Å². The van der Waals surface area contributed by atoms with Gasteiger partial charge < -0.3 is 15.3 Å². The van der Waals surface area contributed by atoms with E-state index in [4.69, 9.17) is 0 Å². The number of nitrogens with zero attached hydrogens (tertiary/aromatic N) is 3. The van der Waals surface area contributed by atoms with Gasteiger partial charge in [-0.1, -0.05) is 24.6 Å². The van der Waals surface area contributed by atoms with Gasteiger partial charge in [-0.05, 0) is 37.8 Å². The van der Waals surface area contributed by atoms with Gasteiger partial charge in [0.25, 0.3) is 0 Å². The number of aliphatic carboxylic acids is 1. The van der Waals surface area contributed by atoms with Crippen molar-refractivity contribution in [3.8, 4) is 5.69 Å². The molecule has 2 heterocycles. The van der Waals surface area contributed by atoms with E-state index in [-0.39, 0.29) is 18.5 Å². The fourth-order valence-electron chi connectivity index (χ4n) is 4.35. The quantitative estimate of drug-likeness (QED) is 0.887. The summed E-state index contributed by atoms with van der Waals surface area (Å²) in [7, 11) is 0. The van der Waals surface area contributed by atoms with E-state index in [9.17, 15) is 14.7 Å². The summed E-state index contributed by atoms with van der Waals surface area (Å²) in [5, 5.41) is 16.9. The van der Waals surface area contributed by atoms with Crippen LogP contribution in [0.4, 0.5) is 10.5 Å². The Hall–Kier alpha value is -2.83. The van der Waals surface area contributed by atoms with Crippen LogP contribution in [0.5, 0.6) is 0 Å². The highest BCUT2D eigenvalue weighted by Gasteiger charge is 2.55. The number of urea groups is 1. The molecule has 1 aliphatic carbocycles. The van der Waals surface area contributed by atoms with Gasteiger partial charge in [0, 0.05) is 13.1 Å². The predicted molar refractivity (Wildman–Crippen MR) is 96.3 cm³/mol. The normalized spacial score (nSPS) is 24.5. The number of amides is 2. The third-order valence-electron chi connectivity index (χ3n) is 5.84. The van der Waals surface area contributed by atoms with E-state index >= 15 is 0 Å². The van der Waals surface area contributed by atoms with Crippen LogP contribution in [0.1, 0.15) is 25.0 Å². The molecule has 2 N–H and O–H groups in total. The molecule has 7 nitrogen and oxygen atoms in total. The summed E-state index contributed by atoms with van der Waals surface area (Å²) in [6, 6.07) is 9.45. The molecule has 1 aliphatic heterocycles. The Kier molecular flexibility index (Phi) is 3.94. The largest absolute Gasteiger partial charge is 0.481 e. The summed E-state index contributed by atoms with van der Waals surface area (Å²) in [4.78, 5) is 26.1. The number of nitrogens with one attached hydrogen (secondary N) is 1. The number of likely N-dealkylation sites (tertiary alicyclic amines) is 1. The average molecular weight is 354 g/mol. The lowest BCUT2D eigenvalue weighted by atomic mass is 9.81. The second-order valence-electron chi connectivity index (χ2n) is 7.25. The first kappa shape index (κ1) is 16.6. The van der Waals surface area contributed by atoms with Crippen LogP contribution in [0.15, 0.2) is 36.5 Å². The van der Waals surface area contributed by atoms with Gasteiger partial charge in [0.15, 0.2) is 0 Å². The van der Waals surface area contributed by atoms with Crippen molar-refractivity contribution in [3.63, 3.8) is 0 Å². The van der Waals surface area contributed by atoms with E-state index in [1.807, 2.05) is 37.3 Å². The average Bonchev–Trinajstić information content (AvgIpc) is 3.29. The zero-order chi connectivity index (χ0) is 18.3. The minimum Gasteiger partial charge on any atom is -0.481 e. The third-order valence-corrected chi connectivity index (χ3v) is 5.84. The first-order valence-electron chi connectivity index (χ1n) is 8.90. The van der Waals surface area contributed by atoms with Gasteiger partial charge >= 0.3 is 12.0 Å². The number of para-hydroxylation sites is 1. The number of benzene rings is 1. The van der Waals surface area contributed by atoms with E-state index in [0.29, 0.717) is 18.7 Å². The zero-order valence-electron chi connectivity index (χ0n) is 14.7. The topological polar surface area (TPSA) is 87.5 Å². The molecule has 136 valence electrons. The van der Waals surface area contributed by atoms with Crippen molar-refractivity contribution < 1.29 is 14.7 Å². The Morgan fingerprint density at radius 1 is 1.31 bits per heavy atom. The van der Waals surface area contributed by atoms with Crippen LogP contribution in [-0.2, 0) is 4.79 Å². The first-order valence-corrected chi connectivity index (χ1v) is 8.90. The fraction of sp³-hybridized carbons (Fsp3) is 0.421. The van der Waals surface area contributed by atoms with Crippen molar-refractivity contribution in [1.82, 2.24) is 14.7 Å². The molecule has 1 saturated carbocycles. The molecular formula is C19H22N4O3. The van der Waals surface area contributed by atoms with Crippen LogP contribution < -0.4 is 5.32 Å². The summed E-state index contributed by atoms with van der Waals surface area (Å²) in [6.07, 6.45) is 4.09. The number of rotatable bonds is 3. The summed E-state index contributed by atoms with van der Waals surface area (Å²) in [6.45, 7) is 2.68. The first-order chi connectivity index (χ1) is 12.5. The lowest BCUT2D eigenvalue weighted by Gasteiger charge is -2.23. The number of hydrogen-bond donors (Lipinski definition) is 2. The Morgan fingerprint density at radius 3 is 2.77 bits per heavy atom. The Labute approximate surface area is 151 Å². The van der Waals surface area contributed by atoms with Gasteiger partial charge in [-0.25, -0.2) is 9.48 Å². The number of anilines is 1. The summed E-state index contributed by atoms with van der Waals surface area (Å²) < 4.78 is 1.77. The molecule has 0 radical (unpaired) electrons. The SMILES string of the molecule is Cc1c(NC(=O)N2C[C@@H]3CCC[C@@]3(C(=O)O)C2)cnn1-c1ccccc1. The van der Waals surface area contributed by atoms with Crippen LogP contribution in [0, 0.1) is 18.3 Å². The van der Waals surface area contributed by atoms with Gasteiger partial charge in [0.05, 0.1) is 28.7 Å². The second kappa shape index (κ2) is 6.16. The number of carboxylic acid groups (broad SMARTS) is 1. The van der Waals surface area contributed by atoms with E-state index < -0.39 is 11.4 Å². The third kappa shape index (κ3) is 2.55. The standard InChI is InChI=1S/C19H22N4O3/c1-13-16(10-20-23(13)15-7-3-2-4-8-15)21-18(26)22-11-14-6-5-9-19(14,12-22)17(24)25/h2-4,7-8,10,14H,5-6,9,11-12H2,1H3,(H,21,26)(H,24,25)/t14-,19+/m0/s1. The number of carbonyl (C=O) groups excluding carboxylic acids is 1. The van der Waals surface area contributed by atoms with Gasteiger partial charge in [-0.2, -0.15) is 5.10 Å². The molecule has 2 atom stereocenters. The molecule has 2 amide bonds.